The quantitative estimate of drug-likeness (QED) is 0.758. The maximum Gasteiger partial charge on any atom is 0.246 e. The van der Waals surface area contributed by atoms with Crippen LogP contribution in [0.5, 0.6) is 0 Å². The van der Waals surface area contributed by atoms with E-state index >= 15 is 0 Å². The third-order valence-corrected chi connectivity index (χ3v) is 5.37. The lowest BCUT2D eigenvalue weighted by Gasteiger charge is -2.23. The van der Waals surface area contributed by atoms with Gasteiger partial charge in [0.05, 0.1) is 6.54 Å². The van der Waals surface area contributed by atoms with E-state index in [2.05, 4.69) is 15.9 Å². The Morgan fingerprint density at radius 2 is 1.86 bits per heavy atom. The molecule has 1 aromatic carbocycles. The molecule has 0 N–H and O–H groups in total. The number of benzene rings is 1. The van der Waals surface area contributed by atoms with Gasteiger partial charge in [-0.2, -0.15) is 4.31 Å². The van der Waals surface area contributed by atoms with Crippen molar-refractivity contribution in [2.75, 3.05) is 26.7 Å². The Kier molecular flexibility index (Phi) is 6.30. The topological polar surface area (TPSA) is 57.7 Å². The van der Waals surface area contributed by atoms with Gasteiger partial charge >= 0.3 is 0 Å². The third kappa shape index (κ3) is 4.24. The van der Waals surface area contributed by atoms with E-state index in [9.17, 15) is 17.6 Å². The van der Waals surface area contributed by atoms with Crippen LogP contribution in [0.4, 0.5) is 4.39 Å². The molecule has 0 aliphatic rings. The average molecular weight is 381 g/mol. The van der Waals surface area contributed by atoms with Crippen molar-refractivity contribution in [3.63, 3.8) is 0 Å². The van der Waals surface area contributed by atoms with Gasteiger partial charge in [-0.1, -0.05) is 15.9 Å². The van der Waals surface area contributed by atoms with Crippen LogP contribution in [0.15, 0.2) is 27.6 Å². The number of nitrogens with zero attached hydrogens (tertiary/aromatic N) is 2. The second-order valence-electron chi connectivity index (χ2n) is 4.40. The first kappa shape index (κ1) is 18.1. The highest BCUT2D eigenvalue weighted by Gasteiger charge is 2.27. The predicted molar refractivity (Wildman–Crippen MR) is 81.8 cm³/mol. The molecule has 0 fully saturated rings. The van der Waals surface area contributed by atoms with Crippen LogP contribution in [-0.2, 0) is 14.8 Å². The van der Waals surface area contributed by atoms with E-state index in [1.165, 1.54) is 24.1 Å². The molecule has 0 unspecified atom stereocenters. The minimum absolute atomic E-state index is 0.318. The lowest BCUT2D eigenvalue weighted by atomic mass is 10.3. The van der Waals surface area contributed by atoms with Gasteiger partial charge in [-0.05, 0) is 32.0 Å². The molecule has 0 aliphatic carbocycles. The van der Waals surface area contributed by atoms with Crippen LogP contribution in [0.2, 0.25) is 0 Å². The first-order valence-corrected chi connectivity index (χ1v) is 8.66. The fraction of sp³-hybridized carbons (Fsp3) is 0.462. The molecule has 0 aliphatic heterocycles. The molecular weight excluding hydrogens is 363 g/mol. The lowest BCUT2D eigenvalue weighted by molar-refractivity contribution is -0.130. The van der Waals surface area contributed by atoms with Gasteiger partial charge in [0.25, 0.3) is 0 Å². The van der Waals surface area contributed by atoms with E-state index in [0.29, 0.717) is 17.6 Å². The fourth-order valence-corrected chi connectivity index (χ4v) is 3.51. The lowest BCUT2D eigenvalue weighted by Crippen LogP contribution is -2.41. The van der Waals surface area contributed by atoms with E-state index in [0.717, 1.165) is 10.4 Å². The molecule has 1 amide bonds. The fourth-order valence-electron chi connectivity index (χ4n) is 1.79. The number of rotatable bonds is 6. The zero-order chi connectivity index (χ0) is 16.2. The average Bonchev–Trinajstić information content (AvgIpc) is 2.42. The highest BCUT2D eigenvalue weighted by Crippen LogP contribution is 2.22. The summed E-state index contributed by atoms with van der Waals surface area (Å²) < 4.78 is 39.7. The summed E-state index contributed by atoms with van der Waals surface area (Å²) >= 11 is 3.11. The Bertz CT molecular complexity index is 618. The van der Waals surface area contributed by atoms with Crippen LogP contribution in [0.25, 0.3) is 0 Å². The Morgan fingerprint density at radius 1 is 1.29 bits per heavy atom. The molecule has 21 heavy (non-hydrogen) atoms. The number of hydrogen-bond acceptors (Lipinski definition) is 3. The maximum absolute atomic E-state index is 13.7. The highest BCUT2D eigenvalue weighted by molar-refractivity contribution is 9.10. The van der Waals surface area contributed by atoms with E-state index in [1.807, 2.05) is 13.8 Å². The van der Waals surface area contributed by atoms with Gasteiger partial charge in [0, 0.05) is 24.6 Å². The van der Waals surface area contributed by atoms with Gasteiger partial charge in [0.15, 0.2) is 0 Å². The molecule has 0 heterocycles. The standard InChI is InChI=1S/C13H18BrFN2O3S/c1-4-17(5-2)13(18)9-16(3)21(19,20)12-8-10(14)6-7-11(12)15/h6-8H,4-5,9H2,1-3H3. The molecule has 0 radical (unpaired) electrons. The van der Waals surface area contributed by atoms with Crippen molar-refractivity contribution < 1.29 is 17.6 Å². The largest absolute Gasteiger partial charge is 0.342 e. The van der Waals surface area contributed by atoms with Crippen molar-refractivity contribution in [2.24, 2.45) is 0 Å². The van der Waals surface area contributed by atoms with Gasteiger partial charge in [-0.3, -0.25) is 4.79 Å². The number of carbonyl (C=O) groups excluding carboxylic acids is 1. The second-order valence-corrected chi connectivity index (χ2v) is 7.33. The molecule has 118 valence electrons. The summed E-state index contributed by atoms with van der Waals surface area (Å²) in [6.07, 6.45) is 0. The van der Waals surface area contributed by atoms with Crippen molar-refractivity contribution in [1.29, 1.82) is 0 Å². The second kappa shape index (κ2) is 7.33. The summed E-state index contributed by atoms with van der Waals surface area (Å²) in [6.45, 7) is 4.28. The molecular formula is C13H18BrFN2O3S. The summed E-state index contributed by atoms with van der Waals surface area (Å²) in [6, 6.07) is 3.66. The molecule has 5 nitrogen and oxygen atoms in total. The number of sulfonamides is 1. The van der Waals surface area contributed by atoms with Gasteiger partial charge < -0.3 is 4.90 Å². The van der Waals surface area contributed by atoms with Gasteiger partial charge in [-0.15, -0.1) is 0 Å². The van der Waals surface area contributed by atoms with Gasteiger partial charge in [0.2, 0.25) is 15.9 Å². The Labute approximate surface area is 132 Å². The molecule has 0 aromatic heterocycles. The molecule has 1 aromatic rings. The first-order chi connectivity index (χ1) is 9.73. The normalized spacial score (nSPS) is 11.7. The third-order valence-electron chi connectivity index (χ3n) is 3.06. The van der Waals surface area contributed by atoms with Crippen LogP contribution in [0.1, 0.15) is 13.8 Å². The smallest absolute Gasteiger partial charge is 0.246 e. The van der Waals surface area contributed by atoms with E-state index in [1.54, 1.807) is 0 Å². The summed E-state index contributed by atoms with van der Waals surface area (Å²) in [5, 5.41) is 0. The summed E-state index contributed by atoms with van der Waals surface area (Å²) in [5.74, 6) is -1.16. The molecule has 0 saturated carbocycles. The van der Waals surface area contributed by atoms with Crippen LogP contribution in [-0.4, -0.2) is 50.2 Å². The minimum Gasteiger partial charge on any atom is -0.342 e. The Morgan fingerprint density at radius 3 is 2.38 bits per heavy atom. The maximum atomic E-state index is 13.7. The molecule has 0 bridgehead atoms. The predicted octanol–water partition coefficient (Wildman–Crippen LogP) is 2.08. The molecule has 0 saturated heterocycles. The zero-order valence-electron chi connectivity index (χ0n) is 12.1. The van der Waals surface area contributed by atoms with Crippen LogP contribution in [0, 0.1) is 5.82 Å². The van der Waals surface area contributed by atoms with Crippen molar-refractivity contribution in [3.8, 4) is 0 Å². The van der Waals surface area contributed by atoms with Crippen LogP contribution >= 0.6 is 15.9 Å². The van der Waals surface area contributed by atoms with Crippen molar-refractivity contribution >= 4 is 31.9 Å². The molecule has 0 spiro atoms. The number of hydrogen-bond donors (Lipinski definition) is 0. The number of likely N-dealkylation sites (N-methyl/N-ethyl adjacent to an activating group) is 2. The number of halogens is 2. The molecule has 0 atom stereocenters. The Balaban J connectivity index is 3.02. The van der Waals surface area contributed by atoms with Gasteiger partial charge in [0.1, 0.15) is 10.7 Å². The summed E-state index contributed by atoms with van der Waals surface area (Å²) in [4.78, 5) is 13.0. The summed E-state index contributed by atoms with van der Waals surface area (Å²) in [7, 11) is -2.80. The van der Waals surface area contributed by atoms with Crippen molar-refractivity contribution in [2.45, 2.75) is 18.7 Å². The van der Waals surface area contributed by atoms with Gasteiger partial charge in [-0.25, -0.2) is 12.8 Å². The van der Waals surface area contributed by atoms with E-state index < -0.39 is 20.7 Å². The molecule has 8 heteroatoms. The Hall–Kier alpha value is -0.990. The highest BCUT2D eigenvalue weighted by atomic mass is 79.9. The van der Waals surface area contributed by atoms with Crippen LogP contribution in [0.3, 0.4) is 0 Å². The summed E-state index contributed by atoms with van der Waals surface area (Å²) in [5.41, 5.74) is 0. The van der Waals surface area contributed by atoms with E-state index in [-0.39, 0.29) is 12.5 Å². The van der Waals surface area contributed by atoms with Crippen molar-refractivity contribution in [1.82, 2.24) is 9.21 Å². The first-order valence-electron chi connectivity index (χ1n) is 6.43. The number of amides is 1. The van der Waals surface area contributed by atoms with Crippen molar-refractivity contribution in [3.05, 3.63) is 28.5 Å². The monoisotopic (exact) mass is 380 g/mol. The van der Waals surface area contributed by atoms with E-state index in [4.69, 9.17) is 0 Å². The van der Waals surface area contributed by atoms with Crippen LogP contribution < -0.4 is 0 Å². The molecule has 1 rings (SSSR count). The minimum atomic E-state index is -4.06. The zero-order valence-corrected chi connectivity index (χ0v) is 14.5. The number of carbonyl (C=O) groups is 1. The SMILES string of the molecule is CCN(CC)C(=O)CN(C)S(=O)(=O)c1cc(Br)ccc1F.